The summed E-state index contributed by atoms with van der Waals surface area (Å²) in [6, 6.07) is 10.1. The summed E-state index contributed by atoms with van der Waals surface area (Å²) in [7, 11) is -3.30. The number of nitrogens with zero attached hydrogens (tertiary/aromatic N) is 1. The van der Waals surface area contributed by atoms with Gasteiger partial charge in [0.25, 0.3) is 0 Å². The molecule has 0 amide bonds. The Morgan fingerprint density at radius 1 is 1.29 bits per heavy atom. The molecule has 0 saturated heterocycles. The minimum atomic E-state index is -3.30. The zero-order valence-corrected chi connectivity index (χ0v) is 13.5. The summed E-state index contributed by atoms with van der Waals surface area (Å²) in [5.41, 5.74) is 1.16. The molecule has 1 aromatic carbocycles. The number of nitriles is 1. The summed E-state index contributed by atoms with van der Waals surface area (Å²) in [5, 5.41) is 8.88. The van der Waals surface area contributed by atoms with Crippen molar-refractivity contribution in [3.63, 3.8) is 0 Å². The fourth-order valence-corrected chi connectivity index (χ4v) is 4.92. The van der Waals surface area contributed by atoms with E-state index in [0.29, 0.717) is 6.61 Å². The molecule has 0 N–H and O–H groups in total. The molecule has 5 heteroatoms. The molecule has 114 valence electrons. The standard InChI is InChI=1S/C16H21NO3S/c1-4-12-6-8-13(9-7-12)14-15(21(3,18)19)16(14,10-17)11-20-5-2/h6-9,14-15H,4-5,11H2,1-3H3/t14-,15+,16+/m1/s1. The fraction of sp³-hybridized carbons (Fsp3) is 0.562. The third-order valence-electron chi connectivity index (χ3n) is 4.22. The average Bonchev–Trinajstić information content (AvgIpc) is 3.15. The van der Waals surface area contributed by atoms with Crippen LogP contribution in [0.1, 0.15) is 30.9 Å². The summed E-state index contributed by atoms with van der Waals surface area (Å²) in [6.07, 6.45) is 2.14. The molecule has 0 spiro atoms. The molecule has 1 fully saturated rings. The van der Waals surface area contributed by atoms with Crippen LogP contribution in [0.4, 0.5) is 0 Å². The molecule has 2 rings (SSSR count). The highest BCUT2D eigenvalue weighted by Gasteiger charge is 2.71. The molecule has 3 atom stereocenters. The summed E-state index contributed by atoms with van der Waals surface area (Å²) >= 11 is 0. The number of rotatable bonds is 6. The fourth-order valence-electron chi connectivity index (χ4n) is 3.08. The van der Waals surface area contributed by atoms with Gasteiger partial charge >= 0.3 is 0 Å². The number of sulfone groups is 1. The number of hydrogen-bond donors (Lipinski definition) is 0. The highest BCUT2D eigenvalue weighted by atomic mass is 32.2. The monoisotopic (exact) mass is 307 g/mol. The van der Waals surface area contributed by atoms with Crippen LogP contribution in [0.3, 0.4) is 0 Å². The molecule has 0 heterocycles. The van der Waals surface area contributed by atoms with Gasteiger partial charge in [-0.3, -0.25) is 0 Å². The number of hydrogen-bond acceptors (Lipinski definition) is 4. The van der Waals surface area contributed by atoms with Gasteiger partial charge in [-0.25, -0.2) is 8.42 Å². The lowest BCUT2D eigenvalue weighted by molar-refractivity contribution is 0.117. The molecular weight excluding hydrogens is 286 g/mol. The predicted molar refractivity (Wildman–Crippen MR) is 81.7 cm³/mol. The van der Waals surface area contributed by atoms with Crippen molar-refractivity contribution in [2.75, 3.05) is 19.5 Å². The van der Waals surface area contributed by atoms with Crippen LogP contribution in [0.2, 0.25) is 0 Å². The minimum Gasteiger partial charge on any atom is -0.380 e. The molecule has 0 radical (unpaired) electrons. The van der Waals surface area contributed by atoms with E-state index in [9.17, 15) is 13.7 Å². The maximum Gasteiger partial charge on any atom is 0.152 e. The second kappa shape index (κ2) is 5.78. The van der Waals surface area contributed by atoms with Crippen molar-refractivity contribution in [2.24, 2.45) is 5.41 Å². The third-order valence-corrected chi connectivity index (χ3v) is 5.83. The van der Waals surface area contributed by atoms with Crippen molar-refractivity contribution in [3.05, 3.63) is 35.4 Å². The van der Waals surface area contributed by atoms with Crippen LogP contribution in [-0.4, -0.2) is 33.1 Å². The van der Waals surface area contributed by atoms with Gasteiger partial charge < -0.3 is 4.74 Å². The highest BCUT2D eigenvalue weighted by molar-refractivity contribution is 7.91. The Kier molecular flexibility index (Phi) is 4.40. The number of benzene rings is 1. The first kappa shape index (κ1) is 16.0. The van der Waals surface area contributed by atoms with Crippen molar-refractivity contribution >= 4 is 9.84 Å². The lowest BCUT2D eigenvalue weighted by atomic mass is 10.00. The van der Waals surface area contributed by atoms with E-state index in [1.54, 1.807) is 0 Å². The van der Waals surface area contributed by atoms with E-state index < -0.39 is 20.5 Å². The van der Waals surface area contributed by atoms with E-state index in [4.69, 9.17) is 4.74 Å². The van der Waals surface area contributed by atoms with Crippen LogP contribution in [0.25, 0.3) is 0 Å². The van der Waals surface area contributed by atoms with Crippen molar-refractivity contribution in [1.82, 2.24) is 0 Å². The summed E-state index contributed by atoms with van der Waals surface area (Å²) in [6.45, 7) is 4.55. The first-order valence-corrected chi connectivity index (χ1v) is 9.12. The van der Waals surface area contributed by atoms with E-state index in [1.165, 1.54) is 11.8 Å². The van der Waals surface area contributed by atoms with Crippen molar-refractivity contribution in [2.45, 2.75) is 31.4 Å². The van der Waals surface area contributed by atoms with Gasteiger partial charge in [0.05, 0.1) is 17.9 Å². The lowest BCUT2D eigenvalue weighted by Gasteiger charge is -2.09. The van der Waals surface area contributed by atoms with Gasteiger partial charge in [-0.05, 0) is 24.5 Å². The van der Waals surface area contributed by atoms with Gasteiger partial charge in [0.1, 0.15) is 5.41 Å². The van der Waals surface area contributed by atoms with Crippen molar-refractivity contribution in [1.29, 1.82) is 5.26 Å². The minimum absolute atomic E-state index is 0.165. The quantitative estimate of drug-likeness (QED) is 0.809. The largest absolute Gasteiger partial charge is 0.380 e. The Morgan fingerprint density at radius 2 is 1.90 bits per heavy atom. The first-order valence-electron chi connectivity index (χ1n) is 7.17. The SMILES string of the molecule is CCOC[C@@]1(C#N)[C@H](c2ccc(CC)cc2)[C@@H]1S(C)(=O)=O. The maximum absolute atomic E-state index is 12.0. The molecular formula is C16H21NO3S. The molecule has 21 heavy (non-hydrogen) atoms. The molecule has 0 bridgehead atoms. The van der Waals surface area contributed by atoms with Crippen LogP contribution in [0.15, 0.2) is 24.3 Å². The van der Waals surface area contributed by atoms with Crippen LogP contribution in [0, 0.1) is 16.7 Å². The van der Waals surface area contributed by atoms with Gasteiger partial charge in [-0.15, -0.1) is 0 Å². The molecule has 0 aromatic heterocycles. The summed E-state index contributed by atoms with van der Waals surface area (Å²) < 4.78 is 29.4. The first-order chi connectivity index (χ1) is 9.90. The Hall–Kier alpha value is -1.38. The molecule has 4 nitrogen and oxygen atoms in total. The van der Waals surface area contributed by atoms with Crippen molar-refractivity contribution < 1.29 is 13.2 Å². The Labute approximate surface area is 126 Å². The topological polar surface area (TPSA) is 67.2 Å². The van der Waals surface area contributed by atoms with E-state index in [0.717, 1.165) is 12.0 Å². The maximum atomic E-state index is 12.0. The van der Waals surface area contributed by atoms with Crippen LogP contribution < -0.4 is 0 Å². The van der Waals surface area contributed by atoms with Gasteiger partial charge in [-0.1, -0.05) is 31.2 Å². The molecule has 0 unspecified atom stereocenters. The highest BCUT2D eigenvalue weighted by Crippen LogP contribution is 2.62. The summed E-state index contributed by atoms with van der Waals surface area (Å²) in [4.78, 5) is 0. The molecule has 0 aliphatic heterocycles. The second-order valence-electron chi connectivity index (χ2n) is 5.61. The third kappa shape index (κ3) is 2.83. The van der Waals surface area contributed by atoms with Gasteiger partial charge in [0.15, 0.2) is 9.84 Å². The zero-order chi connectivity index (χ0) is 15.7. The average molecular weight is 307 g/mol. The predicted octanol–water partition coefficient (Wildman–Crippen LogP) is 2.31. The Balaban J connectivity index is 2.37. The Morgan fingerprint density at radius 3 is 2.33 bits per heavy atom. The Bertz CT molecular complexity index is 645. The van der Waals surface area contributed by atoms with Crippen LogP contribution in [-0.2, 0) is 21.0 Å². The van der Waals surface area contributed by atoms with Crippen molar-refractivity contribution in [3.8, 4) is 6.07 Å². The molecule has 1 aromatic rings. The number of ether oxygens (including phenoxy) is 1. The molecule has 1 aliphatic carbocycles. The normalized spacial score (nSPS) is 28.1. The zero-order valence-electron chi connectivity index (χ0n) is 12.7. The van der Waals surface area contributed by atoms with Crippen LogP contribution in [0.5, 0.6) is 0 Å². The van der Waals surface area contributed by atoms with Gasteiger partial charge in [0.2, 0.25) is 0 Å². The summed E-state index contributed by atoms with van der Waals surface area (Å²) in [5.74, 6) is -0.296. The van der Waals surface area contributed by atoms with E-state index >= 15 is 0 Å². The lowest BCUT2D eigenvalue weighted by Crippen LogP contribution is -2.18. The molecule has 1 aliphatic rings. The smallest absolute Gasteiger partial charge is 0.152 e. The number of aryl methyl sites for hydroxylation is 1. The van der Waals surface area contributed by atoms with E-state index in [1.807, 2.05) is 31.2 Å². The molecule has 1 saturated carbocycles. The van der Waals surface area contributed by atoms with E-state index in [2.05, 4.69) is 13.0 Å². The van der Waals surface area contributed by atoms with Crippen LogP contribution >= 0.6 is 0 Å². The van der Waals surface area contributed by atoms with E-state index in [-0.39, 0.29) is 12.5 Å². The van der Waals surface area contributed by atoms with Gasteiger partial charge in [0, 0.05) is 18.8 Å². The van der Waals surface area contributed by atoms with Gasteiger partial charge in [-0.2, -0.15) is 5.26 Å². The second-order valence-corrected chi connectivity index (χ2v) is 7.78.